The topological polar surface area (TPSA) is 41.6 Å². The lowest BCUT2D eigenvalue weighted by Gasteiger charge is -2.24. The average molecular weight is 545 g/mol. The molecule has 194 valence electrons. The molecule has 0 aliphatic heterocycles. The highest BCUT2D eigenvalue weighted by molar-refractivity contribution is 7.14. The van der Waals surface area contributed by atoms with Crippen molar-refractivity contribution in [1.82, 2.24) is 10.2 Å². The van der Waals surface area contributed by atoms with Gasteiger partial charge in [0.2, 0.25) is 0 Å². The average Bonchev–Trinajstić information content (AvgIpc) is 3.57. The Morgan fingerprint density at radius 2 is 1.59 bits per heavy atom. The van der Waals surface area contributed by atoms with E-state index in [1.807, 2.05) is 60.1 Å². The SMILES string of the molecule is Cc1ccc(OCCN(C)C)cc1C(=O)N[C@@H](c1cc(-c2cccs2)cc(-c2cccs2)c1)C(F)(F)F. The Balaban J connectivity index is 1.68. The number of halogens is 3. The number of carbonyl (C=O) groups is 1. The summed E-state index contributed by atoms with van der Waals surface area (Å²) in [4.78, 5) is 16.8. The maximum atomic E-state index is 14.4. The number of aryl methyl sites for hydroxylation is 1. The van der Waals surface area contributed by atoms with Crippen molar-refractivity contribution in [3.05, 3.63) is 88.1 Å². The Morgan fingerprint density at radius 3 is 2.11 bits per heavy atom. The van der Waals surface area contributed by atoms with Crippen LogP contribution in [0.5, 0.6) is 5.75 Å². The highest BCUT2D eigenvalue weighted by Gasteiger charge is 2.42. The van der Waals surface area contributed by atoms with Gasteiger partial charge in [-0.1, -0.05) is 18.2 Å². The van der Waals surface area contributed by atoms with Gasteiger partial charge in [0.15, 0.2) is 6.04 Å². The molecule has 1 atom stereocenters. The smallest absolute Gasteiger partial charge is 0.412 e. The number of nitrogens with zero attached hydrogens (tertiary/aromatic N) is 1. The predicted molar refractivity (Wildman–Crippen MR) is 145 cm³/mol. The fourth-order valence-corrected chi connectivity index (χ4v) is 5.26. The molecule has 2 heterocycles. The molecule has 37 heavy (non-hydrogen) atoms. The second kappa shape index (κ2) is 11.5. The van der Waals surface area contributed by atoms with Crippen LogP contribution in [0.1, 0.15) is 27.5 Å². The molecule has 4 rings (SSSR count). The molecule has 0 aliphatic carbocycles. The molecule has 0 fully saturated rings. The molecule has 0 unspecified atom stereocenters. The van der Waals surface area contributed by atoms with Gasteiger partial charge >= 0.3 is 6.18 Å². The van der Waals surface area contributed by atoms with Gasteiger partial charge in [-0.25, -0.2) is 0 Å². The van der Waals surface area contributed by atoms with E-state index in [2.05, 4.69) is 5.32 Å². The van der Waals surface area contributed by atoms with Gasteiger partial charge < -0.3 is 15.0 Å². The zero-order valence-corrected chi connectivity index (χ0v) is 22.3. The molecule has 9 heteroatoms. The molecule has 4 aromatic rings. The number of amides is 1. The minimum Gasteiger partial charge on any atom is -0.492 e. The Kier molecular flexibility index (Phi) is 8.36. The fraction of sp³-hybridized carbons (Fsp3) is 0.250. The van der Waals surface area contributed by atoms with Gasteiger partial charge in [0, 0.05) is 21.9 Å². The minimum atomic E-state index is -4.70. The van der Waals surface area contributed by atoms with Crippen LogP contribution in [0.15, 0.2) is 71.4 Å². The van der Waals surface area contributed by atoms with Gasteiger partial charge in [-0.3, -0.25) is 4.79 Å². The first kappa shape index (κ1) is 26.9. The highest BCUT2D eigenvalue weighted by Crippen LogP contribution is 2.39. The molecule has 2 aromatic carbocycles. The van der Waals surface area contributed by atoms with Crippen molar-refractivity contribution < 1.29 is 22.7 Å². The lowest BCUT2D eigenvalue weighted by atomic mass is 9.97. The molecular weight excluding hydrogens is 517 g/mol. The molecule has 4 nitrogen and oxygen atoms in total. The van der Waals surface area contributed by atoms with Crippen LogP contribution >= 0.6 is 22.7 Å². The third-order valence-electron chi connectivity index (χ3n) is 5.76. The fourth-order valence-electron chi connectivity index (χ4n) is 3.83. The van der Waals surface area contributed by atoms with Crippen molar-refractivity contribution >= 4 is 28.6 Å². The van der Waals surface area contributed by atoms with Crippen LogP contribution in [0, 0.1) is 6.92 Å². The molecule has 0 bridgehead atoms. The molecule has 0 aliphatic rings. The zero-order chi connectivity index (χ0) is 26.6. The summed E-state index contributed by atoms with van der Waals surface area (Å²) in [5, 5.41) is 6.02. The van der Waals surface area contributed by atoms with E-state index in [1.165, 1.54) is 40.9 Å². The molecule has 1 amide bonds. The standard InChI is InChI=1S/C28H27F3N2O2S2/c1-18-8-9-22(35-11-10-33(2)3)17-23(18)27(34)32-26(28(29,30)31)21-15-19(24-6-4-12-36-24)14-20(16-21)25-7-5-13-37-25/h4-9,12-17,26H,10-11H2,1-3H3,(H,32,34)/t26-/m0/s1. The van der Waals surface area contributed by atoms with Gasteiger partial charge in [-0.2, -0.15) is 13.2 Å². The number of benzene rings is 2. The molecule has 0 saturated carbocycles. The van der Waals surface area contributed by atoms with Crippen LogP contribution in [-0.2, 0) is 0 Å². The van der Waals surface area contributed by atoms with Crippen LogP contribution in [0.3, 0.4) is 0 Å². The van der Waals surface area contributed by atoms with Gasteiger partial charge in [-0.05, 0) is 96.5 Å². The van der Waals surface area contributed by atoms with E-state index in [4.69, 9.17) is 4.74 Å². The highest BCUT2D eigenvalue weighted by atomic mass is 32.1. The first-order chi connectivity index (χ1) is 17.6. The normalized spacial score (nSPS) is 12.5. The maximum absolute atomic E-state index is 14.4. The molecule has 2 aromatic heterocycles. The van der Waals surface area contributed by atoms with Crippen molar-refractivity contribution in [3.63, 3.8) is 0 Å². The summed E-state index contributed by atoms with van der Waals surface area (Å²) in [6.07, 6.45) is -4.70. The molecule has 0 spiro atoms. The number of thiophene rings is 2. The summed E-state index contributed by atoms with van der Waals surface area (Å²) in [6, 6.07) is 15.1. The summed E-state index contributed by atoms with van der Waals surface area (Å²) in [5.74, 6) is -0.377. The summed E-state index contributed by atoms with van der Waals surface area (Å²) in [7, 11) is 3.82. The van der Waals surface area contributed by atoms with Gasteiger partial charge in [-0.15, -0.1) is 22.7 Å². The van der Waals surface area contributed by atoms with Gasteiger partial charge in [0.1, 0.15) is 12.4 Å². The lowest BCUT2D eigenvalue weighted by molar-refractivity contribution is -0.155. The second-order valence-corrected chi connectivity index (χ2v) is 10.8. The van der Waals surface area contributed by atoms with Crippen LogP contribution in [0.25, 0.3) is 20.9 Å². The van der Waals surface area contributed by atoms with Crippen LogP contribution in [0.4, 0.5) is 13.2 Å². The predicted octanol–water partition coefficient (Wildman–Crippen LogP) is 7.43. The zero-order valence-electron chi connectivity index (χ0n) is 20.6. The summed E-state index contributed by atoms with van der Waals surface area (Å²) in [5.41, 5.74) is 2.03. The summed E-state index contributed by atoms with van der Waals surface area (Å²) >= 11 is 2.90. The third-order valence-corrected chi connectivity index (χ3v) is 7.60. The molecule has 0 radical (unpaired) electrons. The molecule has 1 N–H and O–H groups in total. The van der Waals surface area contributed by atoms with E-state index in [-0.39, 0.29) is 11.1 Å². The first-order valence-electron chi connectivity index (χ1n) is 11.6. The van der Waals surface area contributed by atoms with E-state index < -0.39 is 18.1 Å². The number of carbonyl (C=O) groups excluding carboxylic acids is 1. The Labute approximate surface area is 222 Å². The minimum absolute atomic E-state index is 0.0220. The Hall–Kier alpha value is -3.14. The van der Waals surface area contributed by atoms with E-state index in [9.17, 15) is 18.0 Å². The number of hydrogen-bond acceptors (Lipinski definition) is 5. The van der Waals surface area contributed by atoms with Crippen LogP contribution < -0.4 is 10.1 Å². The number of likely N-dealkylation sites (N-methyl/N-ethyl adjacent to an activating group) is 1. The number of nitrogens with one attached hydrogen (secondary N) is 1. The Bertz CT molecular complexity index is 1280. The summed E-state index contributed by atoms with van der Waals surface area (Å²) in [6.45, 7) is 2.75. The van der Waals surface area contributed by atoms with Gasteiger partial charge in [0.25, 0.3) is 5.91 Å². The molecule has 0 saturated heterocycles. The quantitative estimate of drug-likeness (QED) is 0.238. The number of alkyl halides is 3. The van der Waals surface area contributed by atoms with Crippen molar-refractivity contribution in [1.29, 1.82) is 0 Å². The van der Waals surface area contributed by atoms with Crippen LogP contribution in [-0.4, -0.2) is 44.2 Å². The number of rotatable bonds is 9. The van der Waals surface area contributed by atoms with Crippen molar-refractivity contribution in [2.45, 2.75) is 19.1 Å². The maximum Gasteiger partial charge on any atom is 0.412 e. The number of ether oxygens (including phenoxy) is 1. The van der Waals surface area contributed by atoms with Crippen molar-refractivity contribution in [2.75, 3.05) is 27.2 Å². The first-order valence-corrected chi connectivity index (χ1v) is 13.4. The monoisotopic (exact) mass is 544 g/mol. The van der Waals surface area contributed by atoms with E-state index in [0.717, 1.165) is 9.75 Å². The lowest BCUT2D eigenvalue weighted by Crippen LogP contribution is -2.38. The van der Waals surface area contributed by atoms with Crippen molar-refractivity contribution in [2.24, 2.45) is 0 Å². The van der Waals surface area contributed by atoms with Gasteiger partial charge in [0.05, 0.1) is 0 Å². The van der Waals surface area contributed by atoms with E-state index >= 15 is 0 Å². The Morgan fingerprint density at radius 1 is 0.973 bits per heavy atom. The van der Waals surface area contributed by atoms with E-state index in [0.29, 0.717) is 35.6 Å². The molecular formula is C28H27F3N2O2S2. The number of hydrogen-bond donors (Lipinski definition) is 1. The summed E-state index contributed by atoms with van der Waals surface area (Å²) < 4.78 is 48.9. The van der Waals surface area contributed by atoms with E-state index in [1.54, 1.807) is 19.1 Å². The largest absolute Gasteiger partial charge is 0.492 e. The third kappa shape index (κ3) is 6.80. The van der Waals surface area contributed by atoms with Crippen molar-refractivity contribution in [3.8, 4) is 26.6 Å². The second-order valence-electron chi connectivity index (χ2n) is 8.87. The van der Waals surface area contributed by atoms with Crippen LogP contribution in [0.2, 0.25) is 0 Å².